The van der Waals surface area contributed by atoms with Gasteiger partial charge in [-0.25, -0.2) is 0 Å². The van der Waals surface area contributed by atoms with Crippen molar-refractivity contribution in [1.29, 1.82) is 0 Å². The lowest BCUT2D eigenvalue weighted by atomic mass is 9.80. The van der Waals surface area contributed by atoms with Gasteiger partial charge >= 0.3 is 0 Å². The average molecular weight is 362 g/mol. The van der Waals surface area contributed by atoms with Gasteiger partial charge in [-0.15, -0.1) is 0 Å². The van der Waals surface area contributed by atoms with Crippen LogP contribution in [0.15, 0.2) is 87.5 Å². The third-order valence-electron chi connectivity index (χ3n) is 5.44. The highest BCUT2D eigenvalue weighted by Crippen LogP contribution is 2.44. The molecular weight excluding hydrogens is 326 g/mol. The van der Waals surface area contributed by atoms with Crippen molar-refractivity contribution in [3.8, 4) is 0 Å². The Bertz CT molecular complexity index is 758. The van der Waals surface area contributed by atoms with E-state index in [2.05, 4.69) is 87.4 Å². The zero-order valence-corrected chi connectivity index (χ0v) is 17.8. The second-order valence-electron chi connectivity index (χ2n) is 7.80. The Morgan fingerprint density at radius 3 is 2.70 bits per heavy atom. The van der Waals surface area contributed by atoms with Crippen molar-refractivity contribution in [2.24, 2.45) is 10.4 Å². The molecule has 2 aliphatic rings. The van der Waals surface area contributed by atoms with E-state index in [4.69, 9.17) is 0 Å². The Hall–Kier alpha value is -2.15. The Labute approximate surface area is 166 Å². The van der Waals surface area contributed by atoms with E-state index in [1.54, 1.807) is 12.6 Å². The minimum Gasteiger partial charge on any atom is -0.297 e. The molecule has 0 amide bonds. The number of rotatable bonds is 8. The van der Waals surface area contributed by atoms with E-state index in [0.717, 1.165) is 19.3 Å². The molecule has 144 valence electrons. The molecule has 0 unspecified atom stereocenters. The smallest absolute Gasteiger partial charge is 0.0277 e. The number of hydrogen-bond donors (Lipinski definition) is 0. The molecule has 27 heavy (non-hydrogen) atoms. The van der Waals surface area contributed by atoms with Gasteiger partial charge in [0.1, 0.15) is 0 Å². The molecule has 0 heterocycles. The van der Waals surface area contributed by atoms with Crippen LogP contribution >= 0.6 is 0 Å². The number of allylic oxidation sites excluding steroid dienone is 14. The summed E-state index contributed by atoms with van der Waals surface area (Å²) in [6, 6.07) is 0. The predicted molar refractivity (Wildman–Crippen MR) is 121 cm³/mol. The van der Waals surface area contributed by atoms with Crippen LogP contribution in [0.2, 0.25) is 0 Å². The fourth-order valence-corrected chi connectivity index (χ4v) is 3.65. The molecule has 2 rings (SSSR count). The normalized spacial score (nSPS) is 20.4. The van der Waals surface area contributed by atoms with Crippen LogP contribution in [0.1, 0.15) is 59.8 Å². The predicted octanol–water partition coefficient (Wildman–Crippen LogP) is 7.48. The summed E-state index contributed by atoms with van der Waals surface area (Å²) in [5.74, 6) is 0. The number of aliphatic imine (C=N–C) groups is 1. The van der Waals surface area contributed by atoms with E-state index in [0.29, 0.717) is 0 Å². The molecule has 0 aliphatic heterocycles. The zero-order chi connectivity index (χ0) is 19.7. The first-order valence-corrected chi connectivity index (χ1v) is 10.3. The third kappa shape index (κ3) is 5.92. The molecule has 2 aliphatic carbocycles. The van der Waals surface area contributed by atoms with Gasteiger partial charge in [0.25, 0.3) is 0 Å². The van der Waals surface area contributed by atoms with E-state index in [1.807, 2.05) is 6.21 Å². The van der Waals surface area contributed by atoms with Gasteiger partial charge in [0.2, 0.25) is 0 Å². The highest BCUT2D eigenvalue weighted by molar-refractivity contribution is 5.72. The second kappa shape index (κ2) is 10.3. The first-order valence-electron chi connectivity index (χ1n) is 10.3. The lowest BCUT2D eigenvalue weighted by Gasteiger charge is -2.25. The molecule has 0 saturated heterocycles. The van der Waals surface area contributed by atoms with Crippen LogP contribution in [0.5, 0.6) is 0 Å². The Morgan fingerprint density at radius 2 is 2.00 bits per heavy atom. The number of hydrogen-bond acceptors (Lipinski definition) is 1. The van der Waals surface area contributed by atoms with Crippen LogP contribution < -0.4 is 0 Å². The van der Waals surface area contributed by atoms with E-state index in [-0.39, 0.29) is 5.41 Å². The van der Waals surface area contributed by atoms with Crippen molar-refractivity contribution in [1.82, 2.24) is 0 Å². The maximum atomic E-state index is 4.01. The Morgan fingerprint density at radius 1 is 1.19 bits per heavy atom. The summed E-state index contributed by atoms with van der Waals surface area (Å²) < 4.78 is 0. The van der Waals surface area contributed by atoms with Crippen molar-refractivity contribution in [3.05, 3.63) is 82.5 Å². The monoisotopic (exact) mass is 361 g/mol. The van der Waals surface area contributed by atoms with E-state index in [1.165, 1.54) is 35.1 Å². The molecule has 0 bridgehead atoms. The van der Waals surface area contributed by atoms with Crippen LogP contribution in [0.4, 0.5) is 0 Å². The first-order chi connectivity index (χ1) is 13.0. The topological polar surface area (TPSA) is 12.4 Å². The van der Waals surface area contributed by atoms with Crippen molar-refractivity contribution in [2.45, 2.75) is 59.8 Å². The van der Waals surface area contributed by atoms with Crippen LogP contribution in [0, 0.1) is 5.41 Å². The molecule has 0 aromatic carbocycles. The summed E-state index contributed by atoms with van der Waals surface area (Å²) in [6.45, 7) is 9.09. The van der Waals surface area contributed by atoms with Gasteiger partial charge in [0.15, 0.2) is 0 Å². The van der Waals surface area contributed by atoms with Gasteiger partial charge in [-0.2, -0.15) is 0 Å². The fraction of sp³-hybridized carbons (Fsp3) is 0.423. The molecular formula is C26H35N. The minimum atomic E-state index is 0.229. The van der Waals surface area contributed by atoms with Crippen molar-refractivity contribution >= 4 is 6.21 Å². The molecule has 0 spiro atoms. The van der Waals surface area contributed by atoms with Gasteiger partial charge in [-0.1, -0.05) is 87.4 Å². The average Bonchev–Trinajstić information content (AvgIpc) is 2.98. The zero-order valence-electron chi connectivity index (χ0n) is 17.8. The summed E-state index contributed by atoms with van der Waals surface area (Å²) >= 11 is 0. The minimum absolute atomic E-state index is 0.229. The van der Waals surface area contributed by atoms with Gasteiger partial charge in [0, 0.05) is 18.7 Å². The van der Waals surface area contributed by atoms with Crippen molar-refractivity contribution in [3.63, 3.8) is 0 Å². The van der Waals surface area contributed by atoms with Gasteiger partial charge < -0.3 is 0 Å². The molecule has 1 nitrogen and oxygen atoms in total. The third-order valence-corrected chi connectivity index (χ3v) is 5.44. The maximum absolute atomic E-state index is 4.01. The van der Waals surface area contributed by atoms with Crippen LogP contribution in [-0.2, 0) is 0 Å². The SMILES string of the molecule is CCC(/C=C/C=C\C/C(=C/C1=CCCC2=C1C=CC2(C)C)CC)=C\C=N/C. The van der Waals surface area contributed by atoms with Crippen molar-refractivity contribution in [2.75, 3.05) is 7.05 Å². The van der Waals surface area contributed by atoms with E-state index < -0.39 is 0 Å². The summed E-state index contributed by atoms with van der Waals surface area (Å²) in [5, 5.41) is 0. The first kappa shape index (κ1) is 21.2. The molecule has 0 fully saturated rings. The molecule has 0 atom stereocenters. The molecule has 0 N–H and O–H groups in total. The van der Waals surface area contributed by atoms with Crippen LogP contribution in [0.3, 0.4) is 0 Å². The maximum Gasteiger partial charge on any atom is 0.0277 e. The molecule has 0 aromatic heterocycles. The van der Waals surface area contributed by atoms with E-state index in [9.17, 15) is 0 Å². The van der Waals surface area contributed by atoms with Crippen LogP contribution in [0.25, 0.3) is 0 Å². The molecule has 0 aromatic rings. The molecule has 0 saturated carbocycles. The quantitative estimate of drug-likeness (QED) is 0.314. The lowest BCUT2D eigenvalue weighted by molar-refractivity contribution is 0.558. The highest BCUT2D eigenvalue weighted by Gasteiger charge is 2.29. The second-order valence-corrected chi connectivity index (χ2v) is 7.80. The summed E-state index contributed by atoms with van der Waals surface area (Å²) in [6.07, 6.45) is 27.7. The standard InChI is InChI=1S/C26H35N/c1-6-21(17-19-27-5)12-9-8-10-13-22(7-2)20-23-14-11-15-25-24(23)16-18-26(25,3)4/h8-10,12,14,16-20H,6-7,11,13,15H2,1-5H3/b10-8-,12-9+,21-17+,22-20+,27-19-. The van der Waals surface area contributed by atoms with Gasteiger partial charge in [-0.3, -0.25) is 4.99 Å². The summed E-state index contributed by atoms with van der Waals surface area (Å²) in [5.41, 5.74) is 7.51. The van der Waals surface area contributed by atoms with E-state index >= 15 is 0 Å². The molecule has 0 radical (unpaired) electrons. The lowest BCUT2D eigenvalue weighted by Crippen LogP contribution is -2.11. The molecule has 1 heteroatoms. The number of nitrogens with zero attached hydrogens (tertiary/aromatic N) is 1. The van der Waals surface area contributed by atoms with Gasteiger partial charge in [0.05, 0.1) is 0 Å². The summed E-state index contributed by atoms with van der Waals surface area (Å²) in [4.78, 5) is 4.01. The summed E-state index contributed by atoms with van der Waals surface area (Å²) in [7, 11) is 1.80. The van der Waals surface area contributed by atoms with Gasteiger partial charge in [-0.05, 0) is 54.9 Å². The fourth-order valence-electron chi connectivity index (χ4n) is 3.65. The van der Waals surface area contributed by atoms with Crippen LogP contribution in [-0.4, -0.2) is 13.3 Å². The van der Waals surface area contributed by atoms with Crippen molar-refractivity contribution < 1.29 is 0 Å². The largest absolute Gasteiger partial charge is 0.297 e. The Balaban J connectivity index is 2.03. The highest BCUT2D eigenvalue weighted by atomic mass is 14.6. The Kier molecular flexibility index (Phi) is 8.03.